The fourth-order valence-electron chi connectivity index (χ4n) is 3.10. The van der Waals surface area contributed by atoms with E-state index in [9.17, 15) is 18.0 Å². The molecule has 0 saturated carbocycles. The lowest BCUT2D eigenvalue weighted by atomic mass is 10.1. The second-order valence-corrected chi connectivity index (χ2v) is 11.6. The molecule has 7 nitrogen and oxygen atoms in total. The Labute approximate surface area is 212 Å². The maximum atomic E-state index is 13.4. The highest BCUT2D eigenvalue weighted by molar-refractivity contribution is 9.10. The van der Waals surface area contributed by atoms with Crippen LogP contribution in [0.5, 0.6) is 0 Å². The van der Waals surface area contributed by atoms with Crippen molar-refractivity contribution in [1.29, 1.82) is 0 Å². The van der Waals surface area contributed by atoms with Crippen LogP contribution in [0.25, 0.3) is 0 Å². The van der Waals surface area contributed by atoms with Gasteiger partial charge in [-0.05, 0) is 62.2 Å². The molecular weight excluding hydrogens is 574 g/mol. The van der Waals surface area contributed by atoms with E-state index in [0.717, 1.165) is 31.5 Å². The maximum absolute atomic E-state index is 13.4. The monoisotopic (exact) mass is 601 g/mol. The normalized spacial score (nSPS) is 13.2. The molecule has 180 valence electrons. The molecule has 2 aromatic carbocycles. The Morgan fingerprint density at radius 1 is 1.03 bits per heavy atom. The Morgan fingerprint density at radius 3 is 2.21 bits per heavy atom. The molecule has 0 saturated heterocycles. The van der Waals surface area contributed by atoms with Crippen LogP contribution in [0.1, 0.15) is 32.8 Å². The van der Waals surface area contributed by atoms with E-state index >= 15 is 0 Å². The molecule has 33 heavy (non-hydrogen) atoms. The molecule has 1 N–H and O–H groups in total. The van der Waals surface area contributed by atoms with Gasteiger partial charge >= 0.3 is 0 Å². The van der Waals surface area contributed by atoms with Crippen LogP contribution in [-0.2, 0) is 26.2 Å². The van der Waals surface area contributed by atoms with Gasteiger partial charge in [0.2, 0.25) is 21.8 Å². The van der Waals surface area contributed by atoms with Crippen LogP contribution in [0.3, 0.4) is 0 Å². The van der Waals surface area contributed by atoms with Gasteiger partial charge in [0.15, 0.2) is 0 Å². The molecule has 0 spiro atoms. The first-order valence-electron chi connectivity index (χ1n) is 10.5. The average molecular weight is 603 g/mol. The molecule has 0 unspecified atom stereocenters. The quantitative estimate of drug-likeness (QED) is 0.439. The SMILES string of the molecule is CC[C@@H](C)NC(=O)[C@H](C)N(Cc1cccc(Br)c1)C(=O)CN(c1ccc(Br)cc1)S(C)(=O)=O. The summed E-state index contributed by atoms with van der Waals surface area (Å²) < 4.78 is 27.7. The number of amides is 2. The minimum atomic E-state index is -3.75. The van der Waals surface area contributed by atoms with Crippen LogP contribution in [0.2, 0.25) is 0 Å². The number of hydrogen-bond donors (Lipinski definition) is 1. The average Bonchev–Trinajstić information content (AvgIpc) is 2.75. The Kier molecular flexibility index (Phi) is 9.93. The molecule has 10 heteroatoms. The highest BCUT2D eigenvalue weighted by atomic mass is 79.9. The zero-order chi connectivity index (χ0) is 24.8. The summed E-state index contributed by atoms with van der Waals surface area (Å²) in [6, 6.07) is 13.3. The zero-order valence-corrected chi connectivity index (χ0v) is 23.1. The number of rotatable bonds is 10. The Morgan fingerprint density at radius 2 is 1.67 bits per heavy atom. The molecule has 2 rings (SSSR count). The van der Waals surface area contributed by atoms with Crippen molar-refractivity contribution in [2.45, 2.75) is 45.8 Å². The first kappa shape index (κ1) is 27.3. The number of hydrogen-bond acceptors (Lipinski definition) is 4. The number of nitrogens with one attached hydrogen (secondary N) is 1. The minimum absolute atomic E-state index is 0.0435. The number of sulfonamides is 1. The molecule has 0 aliphatic rings. The van der Waals surface area contributed by atoms with Crippen LogP contribution >= 0.6 is 31.9 Å². The first-order valence-corrected chi connectivity index (χ1v) is 13.9. The Hall–Kier alpha value is -1.91. The molecule has 0 aromatic heterocycles. The molecule has 2 aromatic rings. The summed E-state index contributed by atoms with van der Waals surface area (Å²) in [4.78, 5) is 27.7. The summed E-state index contributed by atoms with van der Waals surface area (Å²) in [6.07, 6.45) is 1.81. The van der Waals surface area contributed by atoms with Gasteiger partial charge in [-0.15, -0.1) is 0 Å². The summed E-state index contributed by atoms with van der Waals surface area (Å²) in [6.45, 7) is 5.24. The van der Waals surface area contributed by atoms with Crippen molar-refractivity contribution in [3.8, 4) is 0 Å². The molecule has 0 heterocycles. The third kappa shape index (κ3) is 8.12. The van der Waals surface area contributed by atoms with Gasteiger partial charge in [0.05, 0.1) is 11.9 Å². The fraction of sp³-hybridized carbons (Fsp3) is 0.391. The lowest BCUT2D eigenvalue weighted by Crippen LogP contribution is -2.52. The molecule has 0 radical (unpaired) electrons. The van der Waals surface area contributed by atoms with Crippen LogP contribution in [0.15, 0.2) is 57.5 Å². The van der Waals surface area contributed by atoms with E-state index in [4.69, 9.17) is 0 Å². The van der Waals surface area contributed by atoms with Gasteiger partial charge in [-0.25, -0.2) is 8.42 Å². The lowest BCUT2D eigenvalue weighted by molar-refractivity contribution is -0.139. The molecular formula is C23H29Br2N3O4S. The van der Waals surface area contributed by atoms with Crippen LogP contribution in [0.4, 0.5) is 5.69 Å². The van der Waals surface area contributed by atoms with Crippen LogP contribution < -0.4 is 9.62 Å². The van der Waals surface area contributed by atoms with Crippen molar-refractivity contribution in [3.63, 3.8) is 0 Å². The van der Waals surface area contributed by atoms with E-state index in [-0.39, 0.29) is 18.5 Å². The van der Waals surface area contributed by atoms with Gasteiger partial charge < -0.3 is 10.2 Å². The Bertz CT molecular complexity index is 1080. The fourth-order valence-corrected chi connectivity index (χ4v) is 4.66. The summed E-state index contributed by atoms with van der Waals surface area (Å²) >= 11 is 6.76. The van der Waals surface area contributed by atoms with E-state index in [1.165, 1.54) is 4.90 Å². The highest BCUT2D eigenvalue weighted by Crippen LogP contribution is 2.22. The van der Waals surface area contributed by atoms with E-state index in [0.29, 0.717) is 5.69 Å². The van der Waals surface area contributed by atoms with E-state index in [2.05, 4.69) is 37.2 Å². The Balaban J connectivity index is 2.37. The van der Waals surface area contributed by atoms with Gasteiger partial charge in [0.1, 0.15) is 12.6 Å². The summed E-state index contributed by atoms with van der Waals surface area (Å²) in [5.41, 5.74) is 1.18. The molecule has 0 bridgehead atoms. The van der Waals surface area contributed by atoms with Gasteiger partial charge in [0, 0.05) is 21.5 Å². The summed E-state index contributed by atoms with van der Waals surface area (Å²) in [7, 11) is -3.75. The van der Waals surface area contributed by atoms with E-state index < -0.39 is 28.5 Å². The van der Waals surface area contributed by atoms with Crippen LogP contribution in [-0.4, -0.2) is 50.0 Å². The second kappa shape index (κ2) is 12.0. The zero-order valence-electron chi connectivity index (χ0n) is 19.1. The first-order chi connectivity index (χ1) is 15.4. The molecule has 2 atom stereocenters. The van der Waals surface area contributed by atoms with Gasteiger partial charge in [-0.3, -0.25) is 13.9 Å². The van der Waals surface area contributed by atoms with Crippen molar-refractivity contribution >= 4 is 59.4 Å². The van der Waals surface area contributed by atoms with Crippen molar-refractivity contribution in [1.82, 2.24) is 10.2 Å². The predicted molar refractivity (Wildman–Crippen MR) is 138 cm³/mol. The standard InChI is InChI=1S/C23H29Br2N3O4S/c1-5-16(2)26-23(30)17(3)27(14-18-7-6-8-20(25)13-18)22(29)15-28(33(4,31)32)21-11-9-19(24)10-12-21/h6-13,16-17H,5,14-15H2,1-4H3,(H,26,30)/t16-,17+/m1/s1. The molecule has 2 amide bonds. The largest absolute Gasteiger partial charge is 0.352 e. The van der Waals surface area contributed by atoms with Gasteiger partial charge in [-0.2, -0.15) is 0 Å². The van der Waals surface area contributed by atoms with Crippen molar-refractivity contribution in [2.75, 3.05) is 17.1 Å². The van der Waals surface area contributed by atoms with Crippen molar-refractivity contribution in [2.24, 2.45) is 0 Å². The maximum Gasteiger partial charge on any atom is 0.244 e. The number of anilines is 1. The third-order valence-electron chi connectivity index (χ3n) is 5.20. The smallest absolute Gasteiger partial charge is 0.244 e. The number of carbonyl (C=O) groups excluding carboxylic acids is 2. The number of halogens is 2. The topological polar surface area (TPSA) is 86.8 Å². The number of benzene rings is 2. The summed E-state index contributed by atoms with van der Waals surface area (Å²) in [5.74, 6) is -0.766. The van der Waals surface area contributed by atoms with Crippen molar-refractivity contribution < 1.29 is 18.0 Å². The second-order valence-electron chi connectivity index (χ2n) is 7.89. The van der Waals surface area contributed by atoms with Gasteiger partial charge in [0.25, 0.3) is 0 Å². The molecule has 0 aliphatic carbocycles. The number of carbonyl (C=O) groups is 2. The van der Waals surface area contributed by atoms with E-state index in [1.54, 1.807) is 31.2 Å². The van der Waals surface area contributed by atoms with Crippen LogP contribution in [0, 0.1) is 0 Å². The minimum Gasteiger partial charge on any atom is -0.352 e. The van der Waals surface area contributed by atoms with Crippen molar-refractivity contribution in [3.05, 3.63) is 63.0 Å². The third-order valence-corrected chi connectivity index (χ3v) is 7.37. The predicted octanol–water partition coefficient (Wildman–Crippen LogP) is 4.31. The molecule has 0 fully saturated rings. The number of nitrogens with zero attached hydrogens (tertiary/aromatic N) is 2. The lowest BCUT2D eigenvalue weighted by Gasteiger charge is -2.32. The molecule has 0 aliphatic heterocycles. The summed E-state index contributed by atoms with van der Waals surface area (Å²) in [5, 5.41) is 2.90. The highest BCUT2D eigenvalue weighted by Gasteiger charge is 2.30. The van der Waals surface area contributed by atoms with Gasteiger partial charge in [-0.1, -0.05) is 50.9 Å². The van der Waals surface area contributed by atoms with E-state index in [1.807, 2.05) is 38.1 Å².